The van der Waals surface area contributed by atoms with E-state index in [4.69, 9.17) is 9.72 Å². The van der Waals surface area contributed by atoms with Gasteiger partial charge in [0.15, 0.2) is 0 Å². The minimum atomic E-state index is 0.857. The third-order valence-electron chi connectivity index (χ3n) is 4.91. The van der Waals surface area contributed by atoms with Gasteiger partial charge in [-0.2, -0.15) is 0 Å². The van der Waals surface area contributed by atoms with Crippen molar-refractivity contribution in [1.29, 1.82) is 0 Å². The van der Waals surface area contributed by atoms with E-state index in [1.165, 1.54) is 16.3 Å². The van der Waals surface area contributed by atoms with E-state index < -0.39 is 0 Å². The maximum absolute atomic E-state index is 5.24. The van der Waals surface area contributed by atoms with Gasteiger partial charge in [0.05, 0.1) is 23.8 Å². The number of pyridine rings is 2. The molecule has 0 aliphatic rings. The van der Waals surface area contributed by atoms with Crippen molar-refractivity contribution < 1.29 is 4.74 Å². The van der Waals surface area contributed by atoms with Crippen LogP contribution in [0, 0.1) is 0 Å². The average Bonchev–Trinajstić information content (AvgIpc) is 3.12. The average molecular weight is 350 g/mol. The Balaban J connectivity index is 1.75. The third-order valence-corrected chi connectivity index (χ3v) is 4.91. The lowest BCUT2D eigenvalue weighted by atomic mass is 10.1. The number of ether oxygens (including phenoxy) is 1. The Hall–Kier alpha value is -3.59. The van der Waals surface area contributed by atoms with E-state index in [2.05, 4.69) is 65.2 Å². The van der Waals surface area contributed by atoms with Gasteiger partial charge in [-0.25, -0.2) is 4.98 Å². The molecule has 3 aromatic heterocycles. The highest BCUT2D eigenvalue weighted by molar-refractivity contribution is 6.10. The van der Waals surface area contributed by atoms with Crippen molar-refractivity contribution in [2.24, 2.45) is 0 Å². The first-order valence-electron chi connectivity index (χ1n) is 8.94. The summed E-state index contributed by atoms with van der Waals surface area (Å²) >= 11 is 0. The van der Waals surface area contributed by atoms with Crippen LogP contribution in [-0.4, -0.2) is 16.5 Å². The molecule has 130 valence electrons. The maximum atomic E-state index is 5.24. The molecule has 3 nitrogen and oxygen atoms in total. The predicted molar refractivity (Wildman–Crippen MR) is 112 cm³/mol. The van der Waals surface area contributed by atoms with Crippen LogP contribution in [0.3, 0.4) is 0 Å². The molecule has 0 radical (unpaired) electrons. The van der Waals surface area contributed by atoms with Gasteiger partial charge in [-0.05, 0) is 48.0 Å². The molecule has 5 aromatic rings. The fourth-order valence-electron chi connectivity index (χ4n) is 3.58. The van der Waals surface area contributed by atoms with Gasteiger partial charge < -0.3 is 9.14 Å². The van der Waals surface area contributed by atoms with Crippen LogP contribution in [0.5, 0.6) is 5.75 Å². The Morgan fingerprint density at radius 3 is 2.52 bits per heavy atom. The molecule has 3 heteroatoms. The van der Waals surface area contributed by atoms with Crippen LogP contribution in [0.1, 0.15) is 11.3 Å². The molecule has 5 rings (SSSR count). The summed E-state index contributed by atoms with van der Waals surface area (Å²) in [5.41, 5.74) is 5.39. The number of fused-ring (bicyclic) bond motifs is 5. The summed E-state index contributed by atoms with van der Waals surface area (Å²) < 4.78 is 7.45. The number of nitrogens with zero attached hydrogens (tertiary/aromatic N) is 2. The number of benzene rings is 2. The topological polar surface area (TPSA) is 26.5 Å². The summed E-state index contributed by atoms with van der Waals surface area (Å²) in [6, 6.07) is 24.8. The van der Waals surface area contributed by atoms with Crippen molar-refractivity contribution in [2.75, 3.05) is 7.11 Å². The van der Waals surface area contributed by atoms with Crippen molar-refractivity contribution in [2.45, 2.75) is 0 Å². The largest absolute Gasteiger partial charge is 0.497 e. The molecule has 0 fully saturated rings. The van der Waals surface area contributed by atoms with Crippen LogP contribution in [0.2, 0.25) is 0 Å². The molecule has 2 aromatic carbocycles. The molecular weight excluding hydrogens is 332 g/mol. The van der Waals surface area contributed by atoms with Crippen LogP contribution >= 0.6 is 0 Å². The minimum absolute atomic E-state index is 0.857. The predicted octanol–water partition coefficient (Wildman–Crippen LogP) is 5.82. The summed E-state index contributed by atoms with van der Waals surface area (Å²) in [4.78, 5) is 4.94. The van der Waals surface area contributed by atoms with Gasteiger partial charge in [0.25, 0.3) is 0 Å². The highest BCUT2D eigenvalue weighted by Gasteiger charge is 2.11. The maximum Gasteiger partial charge on any atom is 0.118 e. The van der Waals surface area contributed by atoms with Crippen LogP contribution in [0.4, 0.5) is 0 Å². The summed E-state index contributed by atoms with van der Waals surface area (Å²) in [5.74, 6) is 0.857. The normalized spacial score (nSPS) is 11.7. The summed E-state index contributed by atoms with van der Waals surface area (Å²) in [6.07, 6.45) is 6.28. The van der Waals surface area contributed by atoms with Crippen molar-refractivity contribution in [3.63, 3.8) is 0 Å². The lowest BCUT2D eigenvalue weighted by Crippen LogP contribution is -1.90. The van der Waals surface area contributed by atoms with E-state index >= 15 is 0 Å². The molecular formula is C24H18N2O. The van der Waals surface area contributed by atoms with E-state index in [0.717, 1.165) is 28.0 Å². The monoisotopic (exact) mass is 350 g/mol. The number of rotatable bonds is 3. The Labute approximate surface area is 157 Å². The van der Waals surface area contributed by atoms with E-state index in [-0.39, 0.29) is 0 Å². The lowest BCUT2D eigenvalue weighted by molar-refractivity contribution is 0.415. The molecule has 0 unspecified atom stereocenters. The zero-order chi connectivity index (χ0) is 18.2. The molecule has 0 bridgehead atoms. The number of hydrogen-bond donors (Lipinski definition) is 0. The van der Waals surface area contributed by atoms with Crippen LogP contribution in [-0.2, 0) is 0 Å². The molecule has 0 saturated heterocycles. The van der Waals surface area contributed by atoms with Crippen molar-refractivity contribution in [1.82, 2.24) is 9.38 Å². The van der Waals surface area contributed by atoms with Crippen molar-refractivity contribution in [3.05, 3.63) is 90.3 Å². The fraction of sp³-hybridized carbons (Fsp3) is 0.0417. The summed E-state index contributed by atoms with van der Waals surface area (Å²) in [5, 5.41) is 2.40. The first-order chi connectivity index (χ1) is 13.3. The summed E-state index contributed by atoms with van der Waals surface area (Å²) in [6.45, 7) is 0. The minimum Gasteiger partial charge on any atom is -0.497 e. The molecule has 0 aliphatic carbocycles. The molecule has 0 aliphatic heterocycles. The van der Waals surface area contributed by atoms with Crippen molar-refractivity contribution in [3.8, 4) is 5.75 Å². The Morgan fingerprint density at radius 1 is 0.852 bits per heavy atom. The standard InChI is InChI=1S/C24H18N2O/c1-27-19-12-9-17(10-13-19)11-14-23-24-21(16-18-6-4-5-15-26(18)24)20-7-2-3-8-22(20)25-23/h2-16H,1H3. The number of hydrogen-bond acceptors (Lipinski definition) is 2. The third kappa shape index (κ3) is 2.64. The second-order valence-electron chi connectivity index (χ2n) is 6.52. The highest BCUT2D eigenvalue weighted by Crippen LogP contribution is 2.30. The van der Waals surface area contributed by atoms with Gasteiger partial charge in [0.1, 0.15) is 5.75 Å². The molecule has 0 amide bonds. The number of methoxy groups -OCH3 is 1. The van der Waals surface area contributed by atoms with E-state index in [1.54, 1.807) is 7.11 Å². The van der Waals surface area contributed by atoms with Gasteiger partial charge >= 0.3 is 0 Å². The molecule has 0 N–H and O–H groups in total. The molecule has 27 heavy (non-hydrogen) atoms. The Kier molecular flexibility index (Phi) is 3.65. The van der Waals surface area contributed by atoms with Crippen LogP contribution in [0.25, 0.3) is 39.5 Å². The number of aromatic nitrogens is 2. The second-order valence-corrected chi connectivity index (χ2v) is 6.52. The quantitative estimate of drug-likeness (QED) is 0.410. The van der Waals surface area contributed by atoms with Gasteiger partial charge in [-0.15, -0.1) is 0 Å². The molecule has 0 saturated carbocycles. The molecule has 0 atom stereocenters. The number of para-hydroxylation sites is 1. The zero-order valence-electron chi connectivity index (χ0n) is 15.0. The van der Waals surface area contributed by atoms with Gasteiger partial charge in [-0.1, -0.05) is 42.5 Å². The van der Waals surface area contributed by atoms with E-state index in [1.807, 2.05) is 30.3 Å². The van der Waals surface area contributed by atoms with Gasteiger partial charge in [-0.3, -0.25) is 0 Å². The van der Waals surface area contributed by atoms with Gasteiger partial charge in [0.2, 0.25) is 0 Å². The summed E-state index contributed by atoms with van der Waals surface area (Å²) in [7, 11) is 1.68. The highest BCUT2D eigenvalue weighted by atomic mass is 16.5. The lowest BCUT2D eigenvalue weighted by Gasteiger charge is -2.05. The Morgan fingerprint density at radius 2 is 1.67 bits per heavy atom. The van der Waals surface area contributed by atoms with E-state index in [9.17, 15) is 0 Å². The van der Waals surface area contributed by atoms with Gasteiger partial charge in [0, 0.05) is 22.5 Å². The molecule has 0 spiro atoms. The van der Waals surface area contributed by atoms with Crippen molar-refractivity contribution >= 4 is 39.5 Å². The zero-order valence-corrected chi connectivity index (χ0v) is 15.0. The van der Waals surface area contributed by atoms with E-state index in [0.29, 0.717) is 0 Å². The first-order valence-corrected chi connectivity index (χ1v) is 8.94. The SMILES string of the molecule is COc1ccc(C=Cc2nc3ccccc3c3cc4ccccn4c23)cc1. The Bertz CT molecular complexity index is 1300. The molecule has 3 heterocycles. The first kappa shape index (κ1) is 15.6. The second kappa shape index (κ2) is 6.29. The smallest absolute Gasteiger partial charge is 0.118 e. The van der Waals surface area contributed by atoms with Crippen LogP contribution < -0.4 is 4.74 Å². The fourth-order valence-corrected chi connectivity index (χ4v) is 3.58. The van der Waals surface area contributed by atoms with Crippen LogP contribution in [0.15, 0.2) is 79.0 Å².